The number of likely N-dealkylation sites (tertiary alicyclic amines) is 1. The fourth-order valence-corrected chi connectivity index (χ4v) is 4.84. The van der Waals surface area contributed by atoms with Crippen molar-refractivity contribution in [3.8, 4) is 5.88 Å². The van der Waals surface area contributed by atoms with E-state index < -0.39 is 17.8 Å². The molecule has 0 amide bonds. The van der Waals surface area contributed by atoms with Gasteiger partial charge in [-0.1, -0.05) is 36.8 Å². The highest BCUT2D eigenvalue weighted by atomic mass is 32.1. The highest BCUT2D eigenvalue weighted by Crippen LogP contribution is 2.42. The van der Waals surface area contributed by atoms with Crippen LogP contribution in [0.4, 0.5) is 13.2 Å². The molecule has 1 saturated heterocycles. The summed E-state index contributed by atoms with van der Waals surface area (Å²) in [5.74, 6) is 0.585. The van der Waals surface area contributed by atoms with Gasteiger partial charge in [0.05, 0.1) is 16.5 Å². The van der Waals surface area contributed by atoms with Crippen LogP contribution in [0, 0.1) is 0 Å². The predicted molar refractivity (Wildman–Crippen MR) is 101 cm³/mol. The van der Waals surface area contributed by atoms with Crippen LogP contribution in [-0.2, 0) is 12.6 Å². The number of aromatic nitrogens is 3. The van der Waals surface area contributed by atoms with E-state index in [1.54, 1.807) is 6.07 Å². The van der Waals surface area contributed by atoms with E-state index >= 15 is 0 Å². The zero-order valence-electron chi connectivity index (χ0n) is 15.4. The average molecular weight is 410 g/mol. The number of alkyl halides is 3. The smallest absolute Gasteiger partial charge is 0.416 e. The van der Waals surface area contributed by atoms with Gasteiger partial charge in [-0.3, -0.25) is 4.90 Å². The largest absolute Gasteiger partial charge is 0.492 e. The van der Waals surface area contributed by atoms with Gasteiger partial charge in [0.15, 0.2) is 5.82 Å². The van der Waals surface area contributed by atoms with Gasteiger partial charge in [-0.15, -0.1) is 5.10 Å². The van der Waals surface area contributed by atoms with Crippen molar-refractivity contribution in [2.75, 3.05) is 13.1 Å². The van der Waals surface area contributed by atoms with E-state index in [9.17, 15) is 18.3 Å². The Labute approximate surface area is 164 Å². The van der Waals surface area contributed by atoms with E-state index in [-0.39, 0.29) is 5.88 Å². The van der Waals surface area contributed by atoms with Crippen LogP contribution in [0.1, 0.15) is 54.1 Å². The number of nitrogens with zero attached hydrogens (tertiary/aromatic N) is 4. The molecule has 1 aliphatic heterocycles. The molecule has 2 aromatic heterocycles. The number of hydrogen-bond acceptors (Lipinski definition) is 5. The van der Waals surface area contributed by atoms with Gasteiger partial charge < -0.3 is 5.11 Å². The predicted octanol–water partition coefficient (Wildman–Crippen LogP) is 4.65. The molecular weight excluding hydrogens is 389 g/mol. The molecule has 0 radical (unpaired) electrons. The lowest BCUT2D eigenvalue weighted by atomic mass is 9.98. The van der Waals surface area contributed by atoms with Crippen molar-refractivity contribution in [1.82, 2.24) is 19.5 Å². The highest BCUT2D eigenvalue weighted by Gasteiger charge is 2.34. The Morgan fingerprint density at radius 3 is 2.61 bits per heavy atom. The van der Waals surface area contributed by atoms with Crippen LogP contribution < -0.4 is 0 Å². The lowest BCUT2D eigenvalue weighted by Crippen LogP contribution is -2.34. The monoisotopic (exact) mass is 410 g/mol. The summed E-state index contributed by atoms with van der Waals surface area (Å²) >= 11 is 1.29. The van der Waals surface area contributed by atoms with Crippen LogP contribution in [0.25, 0.3) is 4.96 Å². The number of piperidine rings is 1. The minimum atomic E-state index is -4.41. The highest BCUT2D eigenvalue weighted by molar-refractivity contribution is 7.17. The maximum atomic E-state index is 13.3. The fraction of sp³-hybridized carbons (Fsp3) is 0.474. The lowest BCUT2D eigenvalue weighted by Gasteiger charge is -2.34. The lowest BCUT2D eigenvalue weighted by molar-refractivity contribution is -0.137. The number of thiazole rings is 1. The van der Waals surface area contributed by atoms with E-state index in [4.69, 9.17) is 0 Å². The first-order chi connectivity index (χ1) is 13.4. The maximum Gasteiger partial charge on any atom is 0.416 e. The molecule has 4 rings (SSSR count). The average Bonchev–Trinajstić information content (AvgIpc) is 3.22. The summed E-state index contributed by atoms with van der Waals surface area (Å²) in [6, 6.07) is 4.93. The number of halogens is 3. The summed E-state index contributed by atoms with van der Waals surface area (Å²) in [5.41, 5.74) is -0.161. The standard InChI is InChI=1S/C19H21F3N4OS/c1-2-14-23-18-26(24-14)17(27)16(28-18)15(25-9-4-3-5-10-25)12-7-6-8-13(11-12)19(20,21)22/h6-8,11,15,27H,2-5,9-10H2,1H3. The van der Waals surface area contributed by atoms with Gasteiger partial charge in [0, 0.05) is 6.42 Å². The van der Waals surface area contributed by atoms with Crippen molar-refractivity contribution in [3.05, 3.63) is 46.1 Å². The zero-order valence-corrected chi connectivity index (χ0v) is 16.2. The third-order valence-corrected chi connectivity index (χ3v) is 6.17. The Bertz CT molecular complexity index is 975. The molecule has 1 aliphatic rings. The first-order valence-corrected chi connectivity index (χ1v) is 10.2. The summed E-state index contributed by atoms with van der Waals surface area (Å²) in [6.45, 7) is 3.47. The van der Waals surface area contributed by atoms with Crippen LogP contribution in [0.3, 0.4) is 0 Å². The van der Waals surface area contributed by atoms with Crippen LogP contribution in [0.15, 0.2) is 24.3 Å². The summed E-state index contributed by atoms with van der Waals surface area (Å²) in [7, 11) is 0. The van der Waals surface area contributed by atoms with E-state index in [0.29, 0.717) is 27.6 Å². The zero-order chi connectivity index (χ0) is 19.9. The van der Waals surface area contributed by atoms with Gasteiger partial charge in [-0.2, -0.15) is 17.7 Å². The molecule has 5 nitrogen and oxygen atoms in total. The maximum absolute atomic E-state index is 13.3. The number of rotatable bonds is 4. The molecule has 3 aromatic rings. The van der Waals surface area contributed by atoms with E-state index in [0.717, 1.165) is 38.4 Å². The summed E-state index contributed by atoms with van der Waals surface area (Å²) in [5, 5.41) is 15.1. The molecule has 1 aromatic carbocycles. The van der Waals surface area contributed by atoms with Gasteiger partial charge in [-0.25, -0.2) is 4.98 Å². The number of benzene rings is 1. The van der Waals surface area contributed by atoms with Crippen LogP contribution in [0.5, 0.6) is 5.88 Å². The Morgan fingerprint density at radius 1 is 1.21 bits per heavy atom. The van der Waals surface area contributed by atoms with Crippen molar-refractivity contribution >= 4 is 16.3 Å². The SMILES string of the molecule is CCc1nc2sc(C(c3cccc(C(F)(F)F)c3)N3CCCCC3)c(O)n2n1. The topological polar surface area (TPSA) is 53.7 Å². The minimum absolute atomic E-state index is 0.0415. The molecule has 150 valence electrons. The summed E-state index contributed by atoms with van der Waals surface area (Å²) in [6.07, 6.45) is -0.695. The molecule has 1 unspecified atom stereocenters. The van der Waals surface area contributed by atoms with Crippen molar-refractivity contribution in [3.63, 3.8) is 0 Å². The molecule has 1 atom stereocenters. The molecule has 0 spiro atoms. The van der Waals surface area contributed by atoms with Gasteiger partial charge >= 0.3 is 6.18 Å². The van der Waals surface area contributed by atoms with Gasteiger partial charge in [0.1, 0.15) is 0 Å². The first-order valence-electron chi connectivity index (χ1n) is 9.37. The molecule has 28 heavy (non-hydrogen) atoms. The fourth-order valence-electron chi connectivity index (χ4n) is 3.71. The van der Waals surface area contributed by atoms with Crippen LogP contribution in [0.2, 0.25) is 0 Å². The van der Waals surface area contributed by atoms with Crippen molar-refractivity contribution in [2.45, 2.75) is 44.8 Å². The Balaban J connectivity index is 1.83. The Morgan fingerprint density at radius 2 is 1.96 bits per heavy atom. The summed E-state index contributed by atoms with van der Waals surface area (Å²) < 4.78 is 41.2. The van der Waals surface area contributed by atoms with Gasteiger partial charge in [0.25, 0.3) is 0 Å². The molecule has 3 heterocycles. The molecule has 0 bridgehead atoms. The molecule has 0 saturated carbocycles. The molecule has 1 N–H and O–H groups in total. The number of aromatic hydroxyl groups is 1. The Hall–Kier alpha value is -2.13. The van der Waals surface area contributed by atoms with Crippen molar-refractivity contribution in [2.24, 2.45) is 0 Å². The molecule has 9 heteroatoms. The van der Waals surface area contributed by atoms with E-state index in [1.165, 1.54) is 28.0 Å². The van der Waals surface area contributed by atoms with Crippen LogP contribution in [-0.4, -0.2) is 37.7 Å². The number of aryl methyl sites for hydroxylation is 1. The number of fused-ring (bicyclic) bond motifs is 1. The second-order valence-corrected chi connectivity index (χ2v) is 8.00. The molecular formula is C19H21F3N4OS. The second-order valence-electron chi connectivity index (χ2n) is 6.99. The van der Waals surface area contributed by atoms with Crippen LogP contribution >= 0.6 is 11.3 Å². The van der Waals surface area contributed by atoms with Gasteiger partial charge in [-0.05, 0) is 43.6 Å². The second kappa shape index (κ2) is 7.36. The third-order valence-electron chi connectivity index (χ3n) is 5.09. The van der Waals surface area contributed by atoms with Gasteiger partial charge in [0.2, 0.25) is 10.8 Å². The quantitative estimate of drug-likeness (QED) is 0.680. The first kappa shape index (κ1) is 19.2. The van der Waals surface area contributed by atoms with Crippen molar-refractivity contribution in [1.29, 1.82) is 0 Å². The normalized spacial score (nSPS) is 17.3. The Kier molecular flexibility index (Phi) is 5.05. The van der Waals surface area contributed by atoms with Crippen molar-refractivity contribution < 1.29 is 18.3 Å². The molecule has 0 aliphatic carbocycles. The van der Waals surface area contributed by atoms with E-state index in [2.05, 4.69) is 15.0 Å². The third kappa shape index (κ3) is 3.48. The minimum Gasteiger partial charge on any atom is -0.492 e. The molecule has 1 fully saturated rings. The number of hydrogen-bond donors (Lipinski definition) is 1. The van der Waals surface area contributed by atoms with E-state index in [1.807, 2.05) is 6.92 Å². The summed E-state index contributed by atoms with van der Waals surface area (Å²) in [4.78, 5) is 7.68.